The van der Waals surface area contributed by atoms with Gasteiger partial charge in [0.1, 0.15) is 11.8 Å². The Labute approximate surface area is 152 Å². The number of benzene rings is 2. The molecule has 0 aliphatic heterocycles. The van der Waals surface area contributed by atoms with Gasteiger partial charge in [0.05, 0.1) is 0 Å². The van der Waals surface area contributed by atoms with E-state index in [4.69, 9.17) is 0 Å². The number of rotatable bonds is 7. The van der Waals surface area contributed by atoms with E-state index < -0.39 is 11.9 Å². The fourth-order valence-corrected chi connectivity index (χ4v) is 2.36. The number of Topliss-reactive ketones (excluding diaryl/α,β-unsaturated/α-hetero) is 1. The average molecular weight is 351 g/mol. The Balaban J connectivity index is 2.18. The number of nitrogens with zero attached hydrogens (tertiary/aromatic N) is 1. The van der Waals surface area contributed by atoms with Gasteiger partial charge in [-0.1, -0.05) is 48.5 Å². The van der Waals surface area contributed by atoms with Crippen LogP contribution in [0.4, 0.5) is 0 Å². The molecule has 0 heterocycles. The molecular formula is C20H21N3O3. The minimum absolute atomic E-state index is 0.0440. The maximum absolute atomic E-state index is 12.6. The Kier molecular flexibility index (Phi) is 6.79. The molecule has 2 N–H and O–H groups in total. The van der Waals surface area contributed by atoms with Crippen molar-refractivity contribution in [3.8, 4) is 0 Å². The molecule has 0 saturated carbocycles. The van der Waals surface area contributed by atoms with Crippen molar-refractivity contribution in [2.45, 2.75) is 26.3 Å². The van der Waals surface area contributed by atoms with Crippen LogP contribution in [0.3, 0.4) is 0 Å². The van der Waals surface area contributed by atoms with Crippen molar-refractivity contribution in [3.05, 3.63) is 71.8 Å². The van der Waals surface area contributed by atoms with Crippen molar-refractivity contribution in [3.63, 3.8) is 0 Å². The van der Waals surface area contributed by atoms with Gasteiger partial charge in [0.2, 0.25) is 0 Å². The highest BCUT2D eigenvalue weighted by Gasteiger charge is 2.23. The Hall–Kier alpha value is -3.28. The lowest BCUT2D eigenvalue weighted by molar-refractivity contribution is -0.123. The number of carbonyl (C=O) groups is 3. The molecule has 2 amide bonds. The molecule has 134 valence electrons. The van der Waals surface area contributed by atoms with Gasteiger partial charge in [-0.15, -0.1) is 0 Å². The third kappa shape index (κ3) is 5.66. The van der Waals surface area contributed by atoms with Crippen LogP contribution in [-0.4, -0.2) is 23.3 Å². The summed E-state index contributed by atoms with van der Waals surface area (Å²) in [5.74, 6) is -0.889. The maximum atomic E-state index is 12.6. The summed E-state index contributed by atoms with van der Waals surface area (Å²) in [4.78, 5) is 36.1. The van der Waals surface area contributed by atoms with Gasteiger partial charge in [-0.2, -0.15) is 5.10 Å². The molecule has 0 aromatic heterocycles. The molecule has 2 rings (SSSR count). The van der Waals surface area contributed by atoms with Crippen LogP contribution in [0.15, 0.2) is 65.8 Å². The van der Waals surface area contributed by atoms with Crippen molar-refractivity contribution in [2.24, 2.45) is 5.10 Å². The number of ketones is 1. The first kappa shape index (κ1) is 19.1. The largest absolute Gasteiger partial charge is 0.336 e. The summed E-state index contributed by atoms with van der Waals surface area (Å²) >= 11 is 0. The number of hydrogen-bond donors (Lipinski definition) is 2. The Morgan fingerprint density at radius 2 is 1.50 bits per heavy atom. The smallest absolute Gasteiger partial charge is 0.267 e. The molecule has 0 bridgehead atoms. The van der Waals surface area contributed by atoms with Gasteiger partial charge in [-0.25, -0.2) is 5.43 Å². The van der Waals surface area contributed by atoms with Crippen LogP contribution in [0.2, 0.25) is 0 Å². The SMILES string of the molecule is CC(=O)C/C(C)=N\NC(=O)C(NC(=O)c1ccccc1)c1ccccc1. The molecule has 26 heavy (non-hydrogen) atoms. The van der Waals surface area contributed by atoms with Crippen molar-refractivity contribution in [1.29, 1.82) is 0 Å². The summed E-state index contributed by atoms with van der Waals surface area (Å²) in [5, 5.41) is 6.66. The van der Waals surface area contributed by atoms with Gasteiger partial charge in [-0.3, -0.25) is 14.4 Å². The number of hydrazone groups is 1. The summed E-state index contributed by atoms with van der Waals surface area (Å²) in [6.45, 7) is 3.11. The van der Waals surface area contributed by atoms with Crippen LogP contribution in [0.25, 0.3) is 0 Å². The van der Waals surface area contributed by atoms with Crippen LogP contribution in [-0.2, 0) is 9.59 Å². The molecule has 2 aromatic rings. The van der Waals surface area contributed by atoms with Crippen LogP contribution >= 0.6 is 0 Å². The molecule has 0 saturated heterocycles. The van der Waals surface area contributed by atoms with E-state index in [0.29, 0.717) is 16.8 Å². The van der Waals surface area contributed by atoms with E-state index in [2.05, 4.69) is 15.8 Å². The fourth-order valence-electron chi connectivity index (χ4n) is 2.36. The topological polar surface area (TPSA) is 87.6 Å². The standard InChI is InChI=1S/C20H21N3O3/c1-14(13-15(2)24)22-23-20(26)18(16-9-5-3-6-10-16)21-19(25)17-11-7-4-8-12-17/h3-12,18H,13H2,1-2H3,(H,21,25)(H,23,26)/b22-14-. The van der Waals surface area contributed by atoms with E-state index in [-0.39, 0.29) is 18.1 Å². The van der Waals surface area contributed by atoms with Crippen molar-refractivity contribution >= 4 is 23.3 Å². The van der Waals surface area contributed by atoms with Crippen LogP contribution < -0.4 is 10.7 Å². The summed E-state index contributed by atoms with van der Waals surface area (Å²) in [6.07, 6.45) is 0.159. The van der Waals surface area contributed by atoms with Gasteiger partial charge < -0.3 is 5.32 Å². The van der Waals surface area contributed by atoms with Crippen LogP contribution in [0, 0.1) is 0 Å². The molecule has 2 aromatic carbocycles. The van der Waals surface area contributed by atoms with Crippen molar-refractivity contribution in [1.82, 2.24) is 10.7 Å². The third-order valence-corrected chi connectivity index (χ3v) is 3.57. The number of hydrogen-bond acceptors (Lipinski definition) is 4. The summed E-state index contributed by atoms with van der Waals surface area (Å²) in [5.41, 5.74) is 4.01. The van der Waals surface area contributed by atoms with Crippen molar-refractivity contribution < 1.29 is 14.4 Å². The van der Waals surface area contributed by atoms with E-state index in [1.54, 1.807) is 55.5 Å². The lowest BCUT2D eigenvalue weighted by Crippen LogP contribution is -2.39. The lowest BCUT2D eigenvalue weighted by atomic mass is 10.1. The summed E-state index contributed by atoms with van der Waals surface area (Å²) < 4.78 is 0. The summed E-state index contributed by atoms with van der Waals surface area (Å²) in [6, 6.07) is 16.7. The van der Waals surface area contributed by atoms with Gasteiger partial charge in [0.25, 0.3) is 11.8 Å². The minimum atomic E-state index is -0.905. The van der Waals surface area contributed by atoms with E-state index in [9.17, 15) is 14.4 Å². The highest BCUT2D eigenvalue weighted by Crippen LogP contribution is 2.14. The molecule has 6 nitrogen and oxygen atoms in total. The average Bonchev–Trinajstić information content (AvgIpc) is 2.65. The molecule has 0 spiro atoms. The van der Waals surface area contributed by atoms with Crippen LogP contribution in [0.5, 0.6) is 0 Å². The molecular weight excluding hydrogens is 330 g/mol. The van der Waals surface area contributed by atoms with Gasteiger partial charge in [0.15, 0.2) is 0 Å². The zero-order valence-corrected chi connectivity index (χ0v) is 14.7. The van der Waals surface area contributed by atoms with Crippen molar-refractivity contribution in [2.75, 3.05) is 0 Å². The van der Waals surface area contributed by atoms with E-state index >= 15 is 0 Å². The molecule has 0 radical (unpaired) electrons. The maximum Gasteiger partial charge on any atom is 0.267 e. The molecule has 6 heteroatoms. The van der Waals surface area contributed by atoms with E-state index in [0.717, 1.165) is 0 Å². The first-order chi connectivity index (χ1) is 12.5. The van der Waals surface area contributed by atoms with E-state index in [1.807, 2.05) is 12.1 Å². The highest BCUT2D eigenvalue weighted by atomic mass is 16.2. The predicted molar refractivity (Wildman–Crippen MR) is 99.6 cm³/mol. The molecule has 0 aliphatic rings. The van der Waals surface area contributed by atoms with Gasteiger partial charge in [0, 0.05) is 17.7 Å². The molecule has 1 atom stereocenters. The second kappa shape index (κ2) is 9.27. The minimum Gasteiger partial charge on any atom is -0.336 e. The van der Waals surface area contributed by atoms with Gasteiger partial charge in [-0.05, 0) is 31.5 Å². The highest BCUT2D eigenvalue weighted by molar-refractivity contribution is 6.01. The third-order valence-electron chi connectivity index (χ3n) is 3.57. The predicted octanol–water partition coefficient (Wildman–Crippen LogP) is 2.63. The molecule has 0 fully saturated rings. The monoisotopic (exact) mass is 351 g/mol. The van der Waals surface area contributed by atoms with E-state index in [1.165, 1.54) is 6.92 Å². The Bertz CT molecular complexity index is 802. The quantitative estimate of drug-likeness (QED) is 0.594. The first-order valence-corrected chi connectivity index (χ1v) is 8.20. The fraction of sp³-hybridized carbons (Fsp3) is 0.200. The summed E-state index contributed by atoms with van der Waals surface area (Å²) in [7, 11) is 0. The second-order valence-corrected chi connectivity index (χ2v) is 5.89. The zero-order chi connectivity index (χ0) is 18.9. The first-order valence-electron chi connectivity index (χ1n) is 8.20. The Morgan fingerprint density at radius 3 is 2.08 bits per heavy atom. The zero-order valence-electron chi connectivity index (χ0n) is 14.7. The number of nitrogens with one attached hydrogen (secondary N) is 2. The number of amides is 2. The molecule has 1 unspecified atom stereocenters. The second-order valence-electron chi connectivity index (χ2n) is 5.89. The Morgan fingerprint density at radius 1 is 0.923 bits per heavy atom. The normalized spacial score (nSPS) is 12.2. The van der Waals surface area contributed by atoms with Crippen LogP contribution in [0.1, 0.15) is 42.2 Å². The van der Waals surface area contributed by atoms with Gasteiger partial charge >= 0.3 is 0 Å². The molecule has 0 aliphatic carbocycles. The lowest BCUT2D eigenvalue weighted by Gasteiger charge is -2.18. The number of carbonyl (C=O) groups excluding carboxylic acids is 3.